The number of aromatic carboxylic acids is 1. The number of aryl methyl sites for hydroxylation is 1. The number of rotatable bonds is 3. The van der Waals surface area contributed by atoms with Crippen LogP contribution >= 0.6 is 39.1 Å². The number of hydrogen-bond donors (Lipinski definition) is 2. The zero-order valence-electron chi connectivity index (χ0n) is 9.50. The summed E-state index contributed by atoms with van der Waals surface area (Å²) in [6.07, 6.45) is 0. The average Bonchev–Trinajstić information content (AvgIpc) is 2.64. The summed E-state index contributed by atoms with van der Waals surface area (Å²) in [5, 5.41) is 12.5. The molecular weight excluding hydrogens is 359 g/mol. The third-order valence-corrected chi connectivity index (χ3v) is 4.10. The highest BCUT2D eigenvalue weighted by Crippen LogP contribution is 2.36. The predicted octanol–water partition coefficient (Wildman–Crippen LogP) is 4.45. The summed E-state index contributed by atoms with van der Waals surface area (Å²) < 4.78 is 17.5. The Bertz CT molecular complexity index is 639. The van der Waals surface area contributed by atoms with Crippen molar-refractivity contribution in [2.45, 2.75) is 6.92 Å². The van der Waals surface area contributed by atoms with Gasteiger partial charge in [0.2, 0.25) is 0 Å². The quantitative estimate of drug-likeness (QED) is 0.843. The number of anilines is 2. The second-order valence-electron chi connectivity index (χ2n) is 3.65. The van der Waals surface area contributed by atoms with Crippen molar-refractivity contribution >= 4 is 55.7 Å². The Morgan fingerprint density at radius 2 is 2.26 bits per heavy atom. The number of nitrogens with one attached hydrogen (secondary N) is 1. The highest BCUT2D eigenvalue weighted by atomic mass is 79.9. The van der Waals surface area contributed by atoms with Crippen LogP contribution in [0.25, 0.3) is 0 Å². The van der Waals surface area contributed by atoms with Gasteiger partial charge in [-0.2, -0.15) is 4.37 Å². The van der Waals surface area contributed by atoms with Gasteiger partial charge in [0.1, 0.15) is 16.4 Å². The molecule has 100 valence electrons. The van der Waals surface area contributed by atoms with E-state index in [0.717, 1.165) is 17.6 Å². The third-order valence-electron chi connectivity index (χ3n) is 2.32. The van der Waals surface area contributed by atoms with Gasteiger partial charge in [-0.1, -0.05) is 11.6 Å². The fourth-order valence-corrected chi connectivity index (χ4v) is 3.17. The SMILES string of the molecule is Cc1nsc(Nc2c(Cl)cc(F)cc2Br)c1C(=O)O. The number of halogens is 3. The first-order chi connectivity index (χ1) is 8.90. The topological polar surface area (TPSA) is 62.2 Å². The predicted molar refractivity (Wildman–Crippen MR) is 76.2 cm³/mol. The Labute approximate surface area is 125 Å². The number of carbonyl (C=O) groups is 1. The van der Waals surface area contributed by atoms with Crippen LogP contribution in [0, 0.1) is 12.7 Å². The van der Waals surface area contributed by atoms with Gasteiger partial charge in [-0.15, -0.1) is 0 Å². The first-order valence-electron chi connectivity index (χ1n) is 5.01. The second-order valence-corrected chi connectivity index (χ2v) is 5.68. The van der Waals surface area contributed by atoms with Crippen LogP contribution < -0.4 is 5.32 Å². The van der Waals surface area contributed by atoms with Crippen molar-refractivity contribution in [1.82, 2.24) is 4.37 Å². The molecule has 0 radical (unpaired) electrons. The summed E-state index contributed by atoms with van der Waals surface area (Å²) in [6.45, 7) is 1.60. The zero-order chi connectivity index (χ0) is 14.2. The van der Waals surface area contributed by atoms with E-state index in [1.807, 2.05) is 0 Å². The van der Waals surface area contributed by atoms with Gasteiger partial charge in [0, 0.05) is 4.47 Å². The summed E-state index contributed by atoms with van der Waals surface area (Å²) >= 11 is 10.1. The molecule has 4 nitrogen and oxygen atoms in total. The van der Waals surface area contributed by atoms with Crippen LogP contribution in [0.4, 0.5) is 15.1 Å². The van der Waals surface area contributed by atoms with E-state index in [2.05, 4.69) is 25.6 Å². The van der Waals surface area contributed by atoms with Gasteiger partial charge in [0.05, 0.1) is 16.4 Å². The van der Waals surface area contributed by atoms with Gasteiger partial charge in [0.15, 0.2) is 0 Å². The lowest BCUT2D eigenvalue weighted by atomic mass is 10.2. The minimum absolute atomic E-state index is 0.0808. The fourth-order valence-electron chi connectivity index (χ4n) is 1.48. The number of benzene rings is 1. The largest absolute Gasteiger partial charge is 0.478 e. The van der Waals surface area contributed by atoms with Crippen molar-refractivity contribution < 1.29 is 14.3 Å². The van der Waals surface area contributed by atoms with Gasteiger partial charge < -0.3 is 10.4 Å². The molecule has 0 amide bonds. The third kappa shape index (κ3) is 2.88. The van der Waals surface area contributed by atoms with Crippen LogP contribution in [0.1, 0.15) is 16.1 Å². The summed E-state index contributed by atoms with van der Waals surface area (Å²) in [4.78, 5) is 11.1. The lowest BCUT2D eigenvalue weighted by Crippen LogP contribution is -2.02. The van der Waals surface area contributed by atoms with Crippen molar-refractivity contribution in [1.29, 1.82) is 0 Å². The van der Waals surface area contributed by atoms with Crippen LogP contribution in [0.2, 0.25) is 5.02 Å². The number of carboxylic acid groups (broad SMARTS) is 1. The van der Waals surface area contributed by atoms with Gasteiger partial charge in [0.25, 0.3) is 0 Å². The average molecular weight is 366 g/mol. The monoisotopic (exact) mass is 364 g/mol. The molecule has 0 aliphatic rings. The highest BCUT2D eigenvalue weighted by molar-refractivity contribution is 9.10. The van der Waals surface area contributed by atoms with Crippen molar-refractivity contribution in [2.75, 3.05) is 5.32 Å². The maximum atomic E-state index is 13.1. The molecule has 0 aliphatic heterocycles. The smallest absolute Gasteiger partial charge is 0.340 e. The van der Waals surface area contributed by atoms with Crippen molar-refractivity contribution in [3.63, 3.8) is 0 Å². The van der Waals surface area contributed by atoms with Crippen molar-refractivity contribution in [2.24, 2.45) is 0 Å². The Hall–Kier alpha value is -1.18. The molecule has 1 aromatic heterocycles. The Morgan fingerprint density at radius 3 is 2.84 bits per heavy atom. The van der Waals surface area contributed by atoms with E-state index in [4.69, 9.17) is 16.7 Å². The first-order valence-corrected chi connectivity index (χ1v) is 6.95. The minimum Gasteiger partial charge on any atom is -0.478 e. The van der Waals surface area contributed by atoms with E-state index in [-0.39, 0.29) is 10.6 Å². The minimum atomic E-state index is -1.08. The number of aromatic nitrogens is 1. The molecule has 0 aliphatic carbocycles. The maximum absolute atomic E-state index is 13.1. The Kier molecular flexibility index (Phi) is 4.07. The van der Waals surface area contributed by atoms with Gasteiger partial charge in [-0.05, 0) is 46.5 Å². The molecule has 0 spiro atoms. The molecule has 1 heterocycles. The van der Waals surface area contributed by atoms with Crippen LogP contribution in [-0.2, 0) is 0 Å². The Morgan fingerprint density at radius 1 is 1.58 bits per heavy atom. The van der Waals surface area contributed by atoms with E-state index < -0.39 is 11.8 Å². The Balaban J connectivity index is 2.45. The van der Waals surface area contributed by atoms with E-state index in [1.54, 1.807) is 6.92 Å². The molecule has 0 fully saturated rings. The van der Waals surface area contributed by atoms with Crippen LogP contribution in [0.5, 0.6) is 0 Å². The van der Waals surface area contributed by atoms with Crippen LogP contribution in [-0.4, -0.2) is 15.4 Å². The molecule has 0 unspecified atom stereocenters. The maximum Gasteiger partial charge on any atom is 0.340 e. The van der Waals surface area contributed by atoms with E-state index >= 15 is 0 Å². The van der Waals surface area contributed by atoms with Crippen molar-refractivity contribution in [3.8, 4) is 0 Å². The van der Waals surface area contributed by atoms with E-state index in [9.17, 15) is 9.18 Å². The standard InChI is InChI=1S/C11H7BrClFN2O2S/c1-4-8(11(17)18)10(19-16-4)15-9-6(12)2-5(14)3-7(9)13/h2-3,15H,1H3,(H,17,18). The molecule has 2 rings (SSSR count). The molecule has 0 bridgehead atoms. The first kappa shape index (κ1) is 14.2. The molecule has 0 saturated heterocycles. The molecule has 1 aromatic carbocycles. The van der Waals surface area contributed by atoms with Crippen LogP contribution in [0.3, 0.4) is 0 Å². The molecule has 0 saturated carbocycles. The molecule has 19 heavy (non-hydrogen) atoms. The number of hydrogen-bond acceptors (Lipinski definition) is 4. The molecule has 2 N–H and O–H groups in total. The summed E-state index contributed by atoms with van der Waals surface area (Å²) in [7, 11) is 0. The lowest BCUT2D eigenvalue weighted by Gasteiger charge is -2.09. The normalized spacial score (nSPS) is 10.5. The summed E-state index contributed by atoms with van der Waals surface area (Å²) in [5.41, 5.74) is 0.890. The fraction of sp³-hybridized carbons (Fsp3) is 0.0909. The highest BCUT2D eigenvalue weighted by Gasteiger charge is 2.19. The van der Waals surface area contributed by atoms with E-state index in [1.165, 1.54) is 6.07 Å². The molecule has 2 aromatic rings. The van der Waals surface area contributed by atoms with Gasteiger partial charge >= 0.3 is 5.97 Å². The number of nitrogens with zero attached hydrogens (tertiary/aromatic N) is 1. The molecule has 0 atom stereocenters. The molecular formula is C11H7BrClFN2O2S. The zero-order valence-corrected chi connectivity index (χ0v) is 12.7. The lowest BCUT2D eigenvalue weighted by molar-refractivity contribution is 0.0697. The summed E-state index contributed by atoms with van der Waals surface area (Å²) in [5.74, 6) is -1.57. The van der Waals surface area contributed by atoms with Gasteiger partial charge in [-0.25, -0.2) is 9.18 Å². The second kappa shape index (κ2) is 5.44. The number of carboxylic acids is 1. The van der Waals surface area contributed by atoms with Gasteiger partial charge in [-0.3, -0.25) is 0 Å². The van der Waals surface area contributed by atoms with Crippen molar-refractivity contribution in [3.05, 3.63) is 38.7 Å². The van der Waals surface area contributed by atoms with E-state index in [0.29, 0.717) is 20.9 Å². The molecule has 8 heteroatoms. The summed E-state index contributed by atoms with van der Waals surface area (Å²) in [6, 6.07) is 2.38. The van der Waals surface area contributed by atoms with Crippen LogP contribution in [0.15, 0.2) is 16.6 Å².